The van der Waals surface area contributed by atoms with E-state index in [9.17, 15) is 4.39 Å². The Morgan fingerprint density at radius 1 is 1.50 bits per heavy atom. The maximum absolute atomic E-state index is 14.7. The van der Waals surface area contributed by atoms with Crippen molar-refractivity contribution in [3.8, 4) is 0 Å². The zero-order valence-corrected chi connectivity index (χ0v) is 10.3. The Bertz CT molecular complexity index is 486. The number of fused-ring (bicyclic) bond motifs is 3. The van der Waals surface area contributed by atoms with Gasteiger partial charge >= 0.3 is 0 Å². The van der Waals surface area contributed by atoms with Crippen molar-refractivity contribution in [1.82, 2.24) is 0 Å². The molecule has 3 rings (SSSR count). The molecule has 0 aromatic heterocycles. The van der Waals surface area contributed by atoms with Gasteiger partial charge in [0.2, 0.25) is 0 Å². The highest BCUT2D eigenvalue weighted by Gasteiger charge is 2.50. The summed E-state index contributed by atoms with van der Waals surface area (Å²) in [6.07, 6.45) is 2.23. The van der Waals surface area contributed by atoms with Crippen molar-refractivity contribution in [2.45, 2.75) is 30.8 Å². The lowest BCUT2D eigenvalue weighted by molar-refractivity contribution is 0.232. The molecule has 0 saturated heterocycles. The van der Waals surface area contributed by atoms with Crippen molar-refractivity contribution < 1.29 is 4.39 Å². The van der Waals surface area contributed by atoms with Crippen LogP contribution in [0.3, 0.4) is 0 Å². The van der Waals surface area contributed by atoms with Crippen LogP contribution in [0.4, 0.5) is 10.1 Å². The zero-order chi connectivity index (χ0) is 11.3. The van der Waals surface area contributed by atoms with Gasteiger partial charge in [-0.2, -0.15) is 0 Å². The smallest absolute Gasteiger partial charge is 0.174 e. The number of nitrogens with two attached hydrogens (primary N) is 1. The summed E-state index contributed by atoms with van der Waals surface area (Å²) in [5.41, 5.74) is 6.17. The Balaban J connectivity index is 2.22. The molecule has 0 bridgehead atoms. The minimum atomic E-state index is -1.41. The SMILES string of the molecule is NC1=Nc2ccc(Br)cc2C2CCCC12F. The van der Waals surface area contributed by atoms with Gasteiger partial charge < -0.3 is 5.73 Å². The third-order valence-corrected chi connectivity index (χ3v) is 4.11. The van der Waals surface area contributed by atoms with Crippen molar-refractivity contribution in [3.05, 3.63) is 28.2 Å². The van der Waals surface area contributed by atoms with E-state index in [1.165, 1.54) is 0 Å². The summed E-state index contributed by atoms with van der Waals surface area (Å²) < 4.78 is 15.7. The molecule has 1 fully saturated rings. The van der Waals surface area contributed by atoms with Gasteiger partial charge in [-0.1, -0.05) is 15.9 Å². The predicted molar refractivity (Wildman–Crippen MR) is 65.9 cm³/mol. The second-order valence-corrected chi connectivity index (χ2v) is 5.42. The third kappa shape index (κ3) is 1.25. The van der Waals surface area contributed by atoms with Crippen LogP contribution in [0.5, 0.6) is 0 Å². The fourth-order valence-corrected chi connectivity index (χ4v) is 3.18. The third-order valence-electron chi connectivity index (χ3n) is 3.62. The Morgan fingerprint density at radius 3 is 3.12 bits per heavy atom. The van der Waals surface area contributed by atoms with E-state index >= 15 is 0 Å². The molecule has 0 spiro atoms. The second kappa shape index (κ2) is 3.29. The lowest BCUT2D eigenvalue weighted by Gasteiger charge is -2.32. The monoisotopic (exact) mass is 282 g/mol. The standard InChI is InChI=1S/C12H12BrFN2/c13-7-3-4-10-8(6-7)9-2-1-5-12(9,14)11(15)16-10/h3-4,6,9H,1-2,5H2,(H2,15,16). The quantitative estimate of drug-likeness (QED) is 0.778. The summed E-state index contributed by atoms with van der Waals surface area (Å²) >= 11 is 3.42. The Labute approximate surface area is 102 Å². The van der Waals surface area contributed by atoms with E-state index in [0.717, 1.165) is 28.6 Å². The lowest BCUT2D eigenvalue weighted by Crippen LogP contribution is -2.43. The van der Waals surface area contributed by atoms with Gasteiger partial charge in [-0.05, 0) is 43.0 Å². The average Bonchev–Trinajstić information content (AvgIpc) is 2.64. The molecule has 1 aromatic carbocycles. The minimum Gasteiger partial charge on any atom is -0.384 e. The van der Waals surface area contributed by atoms with Crippen LogP contribution in [0.25, 0.3) is 0 Å². The average molecular weight is 283 g/mol. The number of hydrogen-bond acceptors (Lipinski definition) is 2. The summed E-state index contributed by atoms with van der Waals surface area (Å²) in [5, 5.41) is 0. The molecule has 84 valence electrons. The van der Waals surface area contributed by atoms with Crippen LogP contribution in [0.15, 0.2) is 27.7 Å². The van der Waals surface area contributed by atoms with Gasteiger partial charge in [-0.25, -0.2) is 9.38 Å². The molecule has 1 aromatic rings. The molecule has 2 unspecified atom stereocenters. The predicted octanol–water partition coefficient (Wildman–Crippen LogP) is 3.43. The van der Waals surface area contributed by atoms with Crippen LogP contribution in [-0.2, 0) is 0 Å². The largest absolute Gasteiger partial charge is 0.384 e. The number of amidine groups is 1. The van der Waals surface area contributed by atoms with Crippen LogP contribution >= 0.6 is 15.9 Å². The lowest BCUT2D eigenvalue weighted by atomic mass is 9.82. The number of halogens is 2. The number of hydrogen-bond donors (Lipinski definition) is 1. The first-order valence-corrected chi connectivity index (χ1v) is 6.23. The molecule has 2 N–H and O–H groups in total. The van der Waals surface area contributed by atoms with Crippen molar-refractivity contribution in [2.75, 3.05) is 0 Å². The van der Waals surface area contributed by atoms with Gasteiger partial charge in [0.1, 0.15) is 5.84 Å². The van der Waals surface area contributed by atoms with Gasteiger partial charge in [0.15, 0.2) is 5.67 Å². The summed E-state index contributed by atoms with van der Waals surface area (Å²) in [6.45, 7) is 0. The molecular weight excluding hydrogens is 271 g/mol. The highest BCUT2D eigenvalue weighted by atomic mass is 79.9. The van der Waals surface area contributed by atoms with Crippen molar-refractivity contribution in [1.29, 1.82) is 0 Å². The first-order valence-electron chi connectivity index (χ1n) is 5.44. The first-order chi connectivity index (χ1) is 7.61. The fraction of sp³-hybridized carbons (Fsp3) is 0.417. The highest BCUT2D eigenvalue weighted by Crippen LogP contribution is 2.51. The van der Waals surface area contributed by atoms with Crippen LogP contribution in [0, 0.1) is 0 Å². The van der Waals surface area contributed by atoms with Gasteiger partial charge in [0.05, 0.1) is 5.69 Å². The van der Waals surface area contributed by atoms with E-state index < -0.39 is 5.67 Å². The highest BCUT2D eigenvalue weighted by molar-refractivity contribution is 9.10. The van der Waals surface area contributed by atoms with Crippen LogP contribution in [-0.4, -0.2) is 11.5 Å². The molecule has 4 heteroatoms. The zero-order valence-electron chi connectivity index (χ0n) is 8.71. The van der Waals surface area contributed by atoms with E-state index in [1.807, 2.05) is 18.2 Å². The van der Waals surface area contributed by atoms with Crippen LogP contribution in [0.2, 0.25) is 0 Å². The van der Waals surface area contributed by atoms with E-state index in [0.29, 0.717) is 6.42 Å². The molecule has 2 aliphatic rings. The van der Waals surface area contributed by atoms with Crippen LogP contribution < -0.4 is 5.73 Å². The molecule has 2 nitrogen and oxygen atoms in total. The molecule has 1 saturated carbocycles. The Kier molecular flexibility index (Phi) is 2.11. The molecule has 1 heterocycles. The summed E-state index contributed by atoms with van der Waals surface area (Å²) in [4.78, 5) is 4.20. The summed E-state index contributed by atoms with van der Waals surface area (Å²) in [5.74, 6) is 0.0438. The Hall–Kier alpha value is -0.900. The topological polar surface area (TPSA) is 38.4 Å². The van der Waals surface area contributed by atoms with Crippen molar-refractivity contribution in [3.63, 3.8) is 0 Å². The van der Waals surface area contributed by atoms with Gasteiger partial charge in [-0.3, -0.25) is 0 Å². The van der Waals surface area contributed by atoms with Gasteiger partial charge in [0.25, 0.3) is 0 Å². The van der Waals surface area contributed by atoms with Crippen LogP contribution in [0.1, 0.15) is 30.7 Å². The molecule has 16 heavy (non-hydrogen) atoms. The number of benzene rings is 1. The molecular formula is C12H12BrFN2. The maximum atomic E-state index is 14.7. The van der Waals surface area contributed by atoms with Gasteiger partial charge in [0, 0.05) is 10.4 Å². The van der Waals surface area contributed by atoms with Crippen molar-refractivity contribution in [2.24, 2.45) is 10.7 Å². The summed E-state index contributed by atoms with van der Waals surface area (Å²) in [7, 11) is 0. The number of aliphatic imine (C=N–C) groups is 1. The fourth-order valence-electron chi connectivity index (χ4n) is 2.80. The molecule has 2 atom stereocenters. The van der Waals surface area contributed by atoms with E-state index in [1.54, 1.807) is 0 Å². The Morgan fingerprint density at radius 2 is 2.31 bits per heavy atom. The molecule has 0 amide bonds. The number of rotatable bonds is 0. The van der Waals surface area contributed by atoms with Gasteiger partial charge in [-0.15, -0.1) is 0 Å². The normalized spacial score (nSPS) is 31.9. The molecule has 1 aliphatic heterocycles. The number of alkyl halides is 1. The first kappa shape index (κ1) is 10.3. The number of nitrogens with zero attached hydrogens (tertiary/aromatic N) is 1. The second-order valence-electron chi connectivity index (χ2n) is 4.51. The van der Waals surface area contributed by atoms with E-state index in [-0.39, 0.29) is 11.8 Å². The van der Waals surface area contributed by atoms with Crippen molar-refractivity contribution >= 4 is 27.5 Å². The van der Waals surface area contributed by atoms with E-state index in [4.69, 9.17) is 5.73 Å². The summed E-state index contributed by atoms with van der Waals surface area (Å²) in [6, 6.07) is 5.77. The maximum Gasteiger partial charge on any atom is 0.174 e. The molecule has 1 aliphatic carbocycles. The molecule has 0 radical (unpaired) electrons. The van der Waals surface area contributed by atoms with E-state index in [2.05, 4.69) is 20.9 Å². The minimum absolute atomic E-state index is 0.113.